The van der Waals surface area contributed by atoms with E-state index >= 15 is 0 Å². The molecule has 1 aromatic carbocycles. The Labute approximate surface area is 124 Å². The zero-order valence-electron chi connectivity index (χ0n) is 12.7. The lowest BCUT2D eigenvalue weighted by Gasteiger charge is -2.19. The molecule has 0 bridgehead atoms. The van der Waals surface area contributed by atoms with Crippen LogP contribution in [0.15, 0.2) is 18.2 Å². The topological polar surface area (TPSA) is 87.5 Å². The van der Waals surface area contributed by atoms with Crippen molar-refractivity contribution in [2.24, 2.45) is 0 Å². The summed E-state index contributed by atoms with van der Waals surface area (Å²) in [6, 6.07) is 5.00. The van der Waals surface area contributed by atoms with Crippen LogP contribution in [0.1, 0.15) is 19.4 Å². The van der Waals surface area contributed by atoms with Crippen molar-refractivity contribution in [3.63, 3.8) is 0 Å². The number of nitrogens with one attached hydrogen (secondary N) is 2. The number of anilines is 1. The molecule has 1 rings (SSSR count). The molecular formula is C14H22N4O3. The summed E-state index contributed by atoms with van der Waals surface area (Å²) in [5.74, 6) is -0.0503. The Bertz CT molecular complexity index is 505. The van der Waals surface area contributed by atoms with Gasteiger partial charge in [-0.05, 0) is 25.1 Å². The van der Waals surface area contributed by atoms with Crippen LogP contribution in [-0.4, -0.2) is 42.4 Å². The zero-order chi connectivity index (χ0) is 15.8. The van der Waals surface area contributed by atoms with Crippen LogP contribution in [0.3, 0.4) is 0 Å². The summed E-state index contributed by atoms with van der Waals surface area (Å²) in [6.07, 6.45) is 0. The Morgan fingerprint density at radius 2 is 2.10 bits per heavy atom. The number of likely N-dealkylation sites (N-methyl/N-ethyl adjacent to an activating group) is 2. The number of nitrogens with zero attached hydrogens (tertiary/aromatic N) is 2. The molecule has 21 heavy (non-hydrogen) atoms. The number of amides is 1. The van der Waals surface area contributed by atoms with E-state index in [0.29, 0.717) is 25.3 Å². The standard InChI is InChI=1S/C14H22N4O3/c1-4-16-12-8-11(6-7-13(12)18(20)21)9-17(5-2)10-14(19)15-3/h6-8,16H,4-5,9-10H2,1-3H3,(H,15,19). The van der Waals surface area contributed by atoms with Gasteiger partial charge in [-0.3, -0.25) is 19.8 Å². The van der Waals surface area contributed by atoms with E-state index in [1.54, 1.807) is 19.2 Å². The molecule has 0 unspecified atom stereocenters. The first-order valence-corrected chi connectivity index (χ1v) is 6.95. The lowest BCUT2D eigenvalue weighted by atomic mass is 10.1. The molecule has 2 N–H and O–H groups in total. The molecule has 0 aromatic heterocycles. The normalized spacial score (nSPS) is 10.5. The lowest BCUT2D eigenvalue weighted by molar-refractivity contribution is -0.384. The number of carbonyl (C=O) groups excluding carboxylic acids is 1. The maximum atomic E-state index is 11.4. The molecule has 0 heterocycles. The van der Waals surface area contributed by atoms with Crippen molar-refractivity contribution >= 4 is 17.3 Å². The summed E-state index contributed by atoms with van der Waals surface area (Å²) in [7, 11) is 1.60. The Hall–Kier alpha value is -2.15. The highest BCUT2D eigenvalue weighted by Crippen LogP contribution is 2.25. The zero-order valence-corrected chi connectivity index (χ0v) is 12.7. The maximum Gasteiger partial charge on any atom is 0.292 e. The summed E-state index contributed by atoms with van der Waals surface area (Å²) < 4.78 is 0. The highest BCUT2D eigenvalue weighted by Gasteiger charge is 2.15. The van der Waals surface area contributed by atoms with E-state index in [0.717, 1.165) is 12.1 Å². The van der Waals surface area contributed by atoms with Crippen molar-refractivity contribution in [3.05, 3.63) is 33.9 Å². The van der Waals surface area contributed by atoms with Crippen molar-refractivity contribution in [3.8, 4) is 0 Å². The number of carbonyl (C=O) groups is 1. The van der Waals surface area contributed by atoms with Gasteiger partial charge in [0.05, 0.1) is 11.5 Å². The van der Waals surface area contributed by atoms with Gasteiger partial charge >= 0.3 is 0 Å². The minimum atomic E-state index is -0.399. The summed E-state index contributed by atoms with van der Waals surface area (Å²) in [6.45, 7) is 6.07. The number of rotatable bonds is 8. The molecule has 0 aliphatic heterocycles. The van der Waals surface area contributed by atoms with Gasteiger partial charge in [-0.2, -0.15) is 0 Å². The summed E-state index contributed by atoms with van der Waals surface area (Å²) >= 11 is 0. The molecular weight excluding hydrogens is 272 g/mol. The van der Waals surface area contributed by atoms with E-state index in [-0.39, 0.29) is 11.6 Å². The molecule has 1 amide bonds. The van der Waals surface area contributed by atoms with Gasteiger partial charge in [0, 0.05) is 26.2 Å². The Balaban J connectivity index is 2.89. The molecule has 7 nitrogen and oxygen atoms in total. The van der Waals surface area contributed by atoms with Crippen LogP contribution in [0.4, 0.5) is 11.4 Å². The van der Waals surface area contributed by atoms with Crippen molar-refractivity contribution in [1.82, 2.24) is 10.2 Å². The lowest BCUT2D eigenvalue weighted by Crippen LogP contribution is -2.35. The van der Waals surface area contributed by atoms with Crippen LogP contribution in [0, 0.1) is 10.1 Å². The fraction of sp³-hybridized carbons (Fsp3) is 0.500. The van der Waals surface area contributed by atoms with Gasteiger partial charge in [-0.1, -0.05) is 13.0 Å². The van der Waals surface area contributed by atoms with Crippen LogP contribution in [0.25, 0.3) is 0 Å². The molecule has 0 radical (unpaired) electrons. The predicted octanol–water partition coefficient (Wildman–Crippen LogP) is 1.59. The SMILES string of the molecule is CCNc1cc(CN(CC)CC(=O)NC)ccc1[N+](=O)[O-]. The molecule has 1 aromatic rings. The van der Waals surface area contributed by atoms with Gasteiger partial charge in [0.15, 0.2) is 0 Å². The van der Waals surface area contributed by atoms with Crippen molar-refractivity contribution in [2.45, 2.75) is 20.4 Å². The van der Waals surface area contributed by atoms with Crippen LogP contribution in [0.2, 0.25) is 0 Å². The minimum Gasteiger partial charge on any atom is -0.380 e. The fourth-order valence-corrected chi connectivity index (χ4v) is 1.99. The van der Waals surface area contributed by atoms with Gasteiger partial charge in [0.25, 0.3) is 5.69 Å². The summed E-state index contributed by atoms with van der Waals surface area (Å²) in [5, 5.41) is 16.6. The molecule has 0 fully saturated rings. The smallest absolute Gasteiger partial charge is 0.292 e. The Morgan fingerprint density at radius 1 is 1.38 bits per heavy atom. The largest absolute Gasteiger partial charge is 0.380 e. The first-order valence-electron chi connectivity index (χ1n) is 6.95. The van der Waals surface area contributed by atoms with Crippen LogP contribution >= 0.6 is 0 Å². The maximum absolute atomic E-state index is 11.4. The van der Waals surface area contributed by atoms with Crippen LogP contribution in [0.5, 0.6) is 0 Å². The van der Waals surface area contributed by atoms with Gasteiger partial charge in [-0.15, -0.1) is 0 Å². The molecule has 0 saturated carbocycles. The highest BCUT2D eigenvalue weighted by atomic mass is 16.6. The Kier molecular flexibility index (Phi) is 6.61. The third-order valence-electron chi connectivity index (χ3n) is 3.12. The summed E-state index contributed by atoms with van der Waals surface area (Å²) in [5.41, 5.74) is 1.51. The van der Waals surface area contributed by atoms with Gasteiger partial charge in [0.1, 0.15) is 5.69 Å². The summed E-state index contributed by atoms with van der Waals surface area (Å²) in [4.78, 5) is 24.0. The van der Waals surface area contributed by atoms with E-state index in [9.17, 15) is 14.9 Å². The molecule has 7 heteroatoms. The van der Waals surface area contributed by atoms with E-state index in [1.165, 1.54) is 6.07 Å². The van der Waals surface area contributed by atoms with E-state index in [2.05, 4.69) is 10.6 Å². The minimum absolute atomic E-state index is 0.0503. The van der Waals surface area contributed by atoms with E-state index in [1.807, 2.05) is 18.7 Å². The number of hydrogen-bond donors (Lipinski definition) is 2. The van der Waals surface area contributed by atoms with Crippen molar-refractivity contribution in [1.29, 1.82) is 0 Å². The fourth-order valence-electron chi connectivity index (χ4n) is 1.99. The molecule has 0 atom stereocenters. The number of benzene rings is 1. The van der Waals surface area contributed by atoms with E-state index < -0.39 is 4.92 Å². The number of hydrogen-bond acceptors (Lipinski definition) is 5. The van der Waals surface area contributed by atoms with Gasteiger partial charge in [-0.25, -0.2) is 0 Å². The van der Waals surface area contributed by atoms with Gasteiger partial charge in [0.2, 0.25) is 5.91 Å². The predicted molar refractivity (Wildman–Crippen MR) is 82.3 cm³/mol. The average Bonchev–Trinajstić information content (AvgIpc) is 2.46. The third kappa shape index (κ3) is 5.03. The molecule has 0 saturated heterocycles. The molecule has 0 aliphatic rings. The molecule has 0 spiro atoms. The monoisotopic (exact) mass is 294 g/mol. The third-order valence-corrected chi connectivity index (χ3v) is 3.12. The number of nitro groups is 1. The second-order valence-electron chi connectivity index (χ2n) is 4.62. The van der Waals surface area contributed by atoms with Crippen molar-refractivity contribution in [2.75, 3.05) is 32.0 Å². The van der Waals surface area contributed by atoms with Crippen molar-refractivity contribution < 1.29 is 9.72 Å². The number of nitro benzene ring substituents is 1. The molecule has 0 aliphatic carbocycles. The van der Waals surface area contributed by atoms with Crippen LogP contribution in [-0.2, 0) is 11.3 Å². The Morgan fingerprint density at radius 3 is 2.62 bits per heavy atom. The second-order valence-corrected chi connectivity index (χ2v) is 4.62. The van der Waals surface area contributed by atoms with Gasteiger partial charge < -0.3 is 10.6 Å². The average molecular weight is 294 g/mol. The quantitative estimate of drug-likeness (QED) is 0.561. The first-order chi connectivity index (χ1) is 10.0. The second kappa shape index (κ2) is 8.21. The highest BCUT2D eigenvalue weighted by molar-refractivity contribution is 5.77. The first kappa shape index (κ1) is 16.9. The molecule has 116 valence electrons. The van der Waals surface area contributed by atoms with E-state index in [4.69, 9.17) is 0 Å². The van der Waals surface area contributed by atoms with Crippen LogP contribution < -0.4 is 10.6 Å².